The van der Waals surface area contributed by atoms with Crippen molar-refractivity contribution in [1.82, 2.24) is 19.9 Å². The van der Waals surface area contributed by atoms with E-state index in [0.717, 1.165) is 37.0 Å². The summed E-state index contributed by atoms with van der Waals surface area (Å²) < 4.78 is 0. The van der Waals surface area contributed by atoms with Crippen molar-refractivity contribution in [3.05, 3.63) is 29.5 Å². The highest BCUT2D eigenvalue weighted by Crippen LogP contribution is 2.21. The van der Waals surface area contributed by atoms with Gasteiger partial charge in [0.05, 0.1) is 5.69 Å². The zero-order chi connectivity index (χ0) is 16.1. The number of thiazole rings is 1. The Morgan fingerprint density at radius 1 is 1.26 bits per heavy atom. The minimum Gasteiger partial charge on any atom is -0.354 e. The van der Waals surface area contributed by atoms with Gasteiger partial charge in [0.2, 0.25) is 11.9 Å². The van der Waals surface area contributed by atoms with Gasteiger partial charge in [0, 0.05) is 56.9 Å². The first kappa shape index (κ1) is 15.7. The van der Waals surface area contributed by atoms with Gasteiger partial charge in [-0.3, -0.25) is 4.79 Å². The van der Waals surface area contributed by atoms with E-state index in [-0.39, 0.29) is 5.91 Å². The summed E-state index contributed by atoms with van der Waals surface area (Å²) in [5, 5.41) is 6.18. The van der Waals surface area contributed by atoms with Crippen molar-refractivity contribution in [1.29, 1.82) is 0 Å². The third-order valence-electron chi connectivity index (χ3n) is 3.70. The average Bonchev–Trinajstić information content (AvgIpc) is 3.02. The van der Waals surface area contributed by atoms with Crippen LogP contribution in [0.15, 0.2) is 23.8 Å². The van der Waals surface area contributed by atoms with Crippen LogP contribution in [-0.2, 0) is 4.79 Å². The molecule has 1 fully saturated rings. The third-order valence-corrected chi connectivity index (χ3v) is 4.72. The Kier molecular flexibility index (Phi) is 5.02. The first-order valence-electron chi connectivity index (χ1n) is 7.68. The highest BCUT2D eigenvalue weighted by atomic mass is 32.1. The van der Waals surface area contributed by atoms with E-state index in [2.05, 4.69) is 30.5 Å². The number of amides is 1. The van der Waals surface area contributed by atoms with Crippen LogP contribution >= 0.6 is 11.3 Å². The number of nitrogens with one attached hydrogen (secondary N) is 1. The second kappa shape index (κ2) is 7.36. The quantitative estimate of drug-likeness (QED) is 0.892. The number of anilines is 2. The van der Waals surface area contributed by atoms with Crippen molar-refractivity contribution in [2.75, 3.05) is 42.9 Å². The standard InChI is InChI=1S/C15H20N6OS/c1-12-11-23-15(19-12)21-9-7-20(8-10-21)13(22)3-6-18-14-16-4-2-5-17-14/h2,4-5,11H,3,6-10H2,1H3,(H,16,17,18). The van der Waals surface area contributed by atoms with Crippen LogP contribution in [0.25, 0.3) is 0 Å². The molecule has 1 N–H and O–H groups in total. The molecule has 2 aromatic heterocycles. The van der Waals surface area contributed by atoms with Crippen LogP contribution in [0.5, 0.6) is 0 Å². The Labute approximate surface area is 139 Å². The fourth-order valence-electron chi connectivity index (χ4n) is 2.46. The van der Waals surface area contributed by atoms with Crippen LogP contribution in [0.3, 0.4) is 0 Å². The summed E-state index contributed by atoms with van der Waals surface area (Å²) in [5.41, 5.74) is 1.05. The summed E-state index contributed by atoms with van der Waals surface area (Å²) in [6.45, 7) is 5.73. The second-order valence-electron chi connectivity index (χ2n) is 5.39. The largest absolute Gasteiger partial charge is 0.354 e. The summed E-state index contributed by atoms with van der Waals surface area (Å²) in [6.07, 6.45) is 3.81. The number of nitrogens with zero attached hydrogens (tertiary/aromatic N) is 5. The Morgan fingerprint density at radius 2 is 2.00 bits per heavy atom. The smallest absolute Gasteiger partial charge is 0.224 e. The van der Waals surface area contributed by atoms with Gasteiger partial charge in [-0.25, -0.2) is 15.0 Å². The van der Waals surface area contributed by atoms with E-state index in [9.17, 15) is 4.79 Å². The van der Waals surface area contributed by atoms with Crippen LogP contribution in [0, 0.1) is 6.92 Å². The van der Waals surface area contributed by atoms with E-state index in [1.54, 1.807) is 29.8 Å². The van der Waals surface area contributed by atoms with Crippen LogP contribution in [0.4, 0.5) is 11.1 Å². The lowest BCUT2D eigenvalue weighted by molar-refractivity contribution is -0.131. The first-order valence-corrected chi connectivity index (χ1v) is 8.56. The molecule has 23 heavy (non-hydrogen) atoms. The van der Waals surface area contributed by atoms with Crippen LogP contribution < -0.4 is 10.2 Å². The minimum atomic E-state index is 0.170. The van der Waals surface area contributed by atoms with Crippen molar-refractivity contribution >= 4 is 28.3 Å². The van der Waals surface area contributed by atoms with Gasteiger partial charge in [-0.2, -0.15) is 0 Å². The highest BCUT2D eigenvalue weighted by molar-refractivity contribution is 7.13. The molecule has 1 aliphatic rings. The molecule has 0 bridgehead atoms. The lowest BCUT2D eigenvalue weighted by Crippen LogP contribution is -2.49. The lowest BCUT2D eigenvalue weighted by Gasteiger charge is -2.34. The topological polar surface area (TPSA) is 74.2 Å². The minimum absolute atomic E-state index is 0.170. The summed E-state index contributed by atoms with van der Waals surface area (Å²) in [5.74, 6) is 0.729. The number of aromatic nitrogens is 3. The molecule has 7 nitrogen and oxygen atoms in total. The molecule has 0 unspecified atom stereocenters. The third kappa shape index (κ3) is 4.16. The summed E-state index contributed by atoms with van der Waals surface area (Å²) >= 11 is 1.66. The molecule has 1 aliphatic heterocycles. The summed E-state index contributed by atoms with van der Waals surface area (Å²) in [6, 6.07) is 1.76. The first-order chi connectivity index (χ1) is 11.2. The maximum absolute atomic E-state index is 12.2. The van der Waals surface area contributed by atoms with Gasteiger partial charge in [0.15, 0.2) is 5.13 Å². The van der Waals surface area contributed by atoms with Gasteiger partial charge in [-0.15, -0.1) is 11.3 Å². The van der Waals surface area contributed by atoms with Gasteiger partial charge >= 0.3 is 0 Å². The lowest BCUT2D eigenvalue weighted by atomic mass is 10.3. The normalized spacial score (nSPS) is 14.8. The molecule has 0 spiro atoms. The van der Waals surface area contributed by atoms with E-state index in [4.69, 9.17) is 0 Å². The van der Waals surface area contributed by atoms with Crippen LogP contribution in [0.1, 0.15) is 12.1 Å². The molecule has 1 amide bonds. The average molecular weight is 332 g/mol. The molecule has 122 valence electrons. The Morgan fingerprint density at radius 3 is 2.65 bits per heavy atom. The van der Waals surface area contributed by atoms with Crippen molar-refractivity contribution in [3.8, 4) is 0 Å². The molecule has 3 rings (SSSR count). The van der Waals surface area contributed by atoms with Crippen molar-refractivity contribution in [2.45, 2.75) is 13.3 Å². The van der Waals surface area contributed by atoms with Gasteiger partial charge in [0.1, 0.15) is 0 Å². The van der Waals surface area contributed by atoms with E-state index in [0.29, 0.717) is 18.9 Å². The molecule has 1 saturated heterocycles. The molecule has 8 heteroatoms. The predicted molar refractivity (Wildman–Crippen MR) is 90.8 cm³/mol. The number of carbonyl (C=O) groups excluding carboxylic acids is 1. The van der Waals surface area contributed by atoms with Gasteiger partial charge in [-0.1, -0.05) is 0 Å². The summed E-state index contributed by atoms with van der Waals surface area (Å²) in [7, 11) is 0. The number of aryl methyl sites for hydroxylation is 1. The SMILES string of the molecule is Cc1csc(N2CCN(C(=O)CCNc3ncccn3)CC2)n1. The molecule has 0 radical (unpaired) electrons. The molecular formula is C15H20N6OS. The maximum atomic E-state index is 12.2. The van der Waals surface area contributed by atoms with E-state index in [1.165, 1.54) is 0 Å². The molecule has 0 aliphatic carbocycles. The monoisotopic (exact) mass is 332 g/mol. The molecule has 3 heterocycles. The fraction of sp³-hybridized carbons (Fsp3) is 0.467. The van der Waals surface area contributed by atoms with E-state index < -0.39 is 0 Å². The zero-order valence-corrected chi connectivity index (χ0v) is 13.9. The van der Waals surface area contributed by atoms with Crippen LogP contribution in [0.2, 0.25) is 0 Å². The molecule has 0 aromatic carbocycles. The predicted octanol–water partition coefficient (Wildman–Crippen LogP) is 1.39. The second-order valence-corrected chi connectivity index (χ2v) is 6.23. The van der Waals surface area contributed by atoms with Crippen molar-refractivity contribution in [3.63, 3.8) is 0 Å². The number of hydrogen-bond donors (Lipinski definition) is 1. The van der Waals surface area contributed by atoms with Crippen molar-refractivity contribution < 1.29 is 4.79 Å². The number of carbonyl (C=O) groups is 1. The summed E-state index contributed by atoms with van der Waals surface area (Å²) in [4.78, 5) is 29.1. The molecular weight excluding hydrogens is 312 g/mol. The van der Waals surface area contributed by atoms with Crippen molar-refractivity contribution in [2.24, 2.45) is 0 Å². The number of rotatable bonds is 5. The Bertz CT molecular complexity index is 638. The van der Waals surface area contributed by atoms with Gasteiger partial charge in [0.25, 0.3) is 0 Å². The molecule has 0 atom stereocenters. The molecule has 0 saturated carbocycles. The fourth-order valence-corrected chi connectivity index (χ4v) is 3.32. The zero-order valence-electron chi connectivity index (χ0n) is 13.1. The van der Waals surface area contributed by atoms with Crippen LogP contribution in [-0.4, -0.2) is 58.5 Å². The van der Waals surface area contributed by atoms with Gasteiger partial charge < -0.3 is 15.1 Å². The number of piperazine rings is 1. The molecule has 2 aromatic rings. The highest BCUT2D eigenvalue weighted by Gasteiger charge is 2.22. The Hall–Kier alpha value is -2.22. The van der Waals surface area contributed by atoms with Gasteiger partial charge in [-0.05, 0) is 13.0 Å². The number of hydrogen-bond acceptors (Lipinski definition) is 7. The van der Waals surface area contributed by atoms with E-state index in [1.807, 2.05) is 11.8 Å². The Balaban J connectivity index is 1.41. The maximum Gasteiger partial charge on any atom is 0.224 e. The van der Waals surface area contributed by atoms with E-state index >= 15 is 0 Å².